The fourth-order valence-electron chi connectivity index (χ4n) is 2.15. The van der Waals surface area contributed by atoms with E-state index in [2.05, 4.69) is 15.9 Å². The number of thioether (sulfide) groups is 1. The standard InChI is InChI=1S/C15H12BrNO6S2/c16-8-1-3-10(18)7(5-8)6-11-13(21)17(15(24)25-11)9(14(22)23)2-4-12(19)20/h1,3,5-6,9,18H,2,4H2,(H,19,20)(H,22,23)/b11-6-. The topological polar surface area (TPSA) is 115 Å². The van der Waals surface area contributed by atoms with Crippen LogP contribution in [-0.4, -0.2) is 48.4 Å². The molecule has 7 nitrogen and oxygen atoms in total. The Labute approximate surface area is 160 Å². The fraction of sp³-hybridized carbons (Fsp3) is 0.200. The van der Waals surface area contributed by atoms with Gasteiger partial charge in [-0.05, 0) is 30.7 Å². The first-order chi connectivity index (χ1) is 11.7. The quantitative estimate of drug-likeness (QED) is 0.452. The van der Waals surface area contributed by atoms with Gasteiger partial charge in [-0.1, -0.05) is 39.9 Å². The van der Waals surface area contributed by atoms with Crippen LogP contribution < -0.4 is 0 Å². The Morgan fingerprint density at radius 2 is 2.04 bits per heavy atom. The van der Waals surface area contributed by atoms with Gasteiger partial charge >= 0.3 is 11.9 Å². The Balaban J connectivity index is 2.32. The highest BCUT2D eigenvalue weighted by Gasteiger charge is 2.40. The van der Waals surface area contributed by atoms with Gasteiger partial charge in [0.1, 0.15) is 16.1 Å². The summed E-state index contributed by atoms with van der Waals surface area (Å²) >= 11 is 9.25. The molecule has 0 aromatic heterocycles. The molecule has 0 aliphatic carbocycles. The Bertz CT molecular complexity index is 794. The van der Waals surface area contributed by atoms with Crippen molar-refractivity contribution in [2.75, 3.05) is 0 Å². The van der Waals surface area contributed by atoms with Crippen LogP contribution in [0.5, 0.6) is 5.75 Å². The van der Waals surface area contributed by atoms with Gasteiger partial charge < -0.3 is 15.3 Å². The molecule has 2 rings (SSSR count). The number of benzene rings is 1. The minimum Gasteiger partial charge on any atom is -0.507 e. The van der Waals surface area contributed by atoms with Gasteiger partial charge in [-0.3, -0.25) is 14.5 Å². The lowest BCUT2D eigenvalue weighted by atomic mass is 10.1. The molecular formula is C15H12BrNO6S2. The summed E-state index contributed by atoms with van der Waals surface area (Å²) in [6.07, 6.45) is 0.752. The van der Waals surface area contributed by atoms with E-state index in [1.54, 1.807) is 12.1 Å². The normalized spacial score (nSPS) is 17.2. The van der Waals surface area contributed by atoms with Gasteiger partial charge in [-0.2, -0.15) is 0 Å². The number of hydrogen-bond donors (Lipinski definition) is 3. The number of carboxylic acid groups (broad SMARTS) is 2. The summed E-state index contributed by atoms with van der Waals surface area (Å²) in [5, 5.41) is 27.9. The van der Waals surface area contributed by atoms with Crippen LogP contribution >= 0.6 is 39.9 Å². The predicted molar refractivity (Wildman–Crippen MR) is 99.1 cm³/mol. The number of rotatable bonds is 6. The third-order valence-corrected chi connectivity index (χ3v) is 5.15. The zero-order valence-electron chi connectivity index (χ0n) is 12.5. The third-order valence-electron chi connectivity index (χ3n) is 3.33. The highest BCUT2D eigenvalue weighted by molar-refractivity contribution is 9.10. The van der Waals surface area contributed by atoms with Crippen molar-refractivity contribution in [2.24, 2.45) is 0 Å². The number of carboxylic acids is 2. The summed E-state index contributed by atoms with van der Waals surface area (Å²) in [4.78, 5) is 35.7. The van der Waals surface area contributed by atoms with Crippen LogP contribution in [0.3, 0.4) is 0 Å². The molecule has 25 heavy (non-hydrogen) atoms. The second-order valence-electron chi connectivity index (χ2n) is 5.04. The maximum Gasteiger partial charge on any atom is 0.326 e. The number of phenolic OH excluding ortho intramolecular Hbond substituents is 1. The van der Waals surface area contributed by atoms with Crippen LogP contribution in [-0.2, 0) is 14.4 Å². The van der Waals surface area contributed by atoms with Gasteiger partial charge in [0.15, 0.2) is 0 Å². The summed E-state index contributed by atoms with van der Waals surface area (Å²) in [6, 6.07) is 3.32. The lowest BCUT2D eigenvalue weighted by Gasteiger charge is -2.22. The molecule has 0 spiro atoms. The molecule has 1 aromatic rings. The Kier molecular flexibility index (Phi) is 6.20. The smallest absolute Gasteiger partial charge is 0.326 e. The van der Waals surface area contributed by atoms with Crippen molar-refractivity contribution in [3.63, 3.8) is 0 Å². The van der Waals surface area contributed by atoms with Crippen molar-refractivity contribution in [3.05, 3.63) is 33.1 Å². The monoisotopic (exact) mass is 445 g/mol. The largest absolute Gasteiger partial charge is 0.507 e. The molecule has 1 heterocycles. The first-order valence-corrected chi connectivity index (χ1v) is 8.92. The molecule has 10 heteroatoms. The SMILES string of the molecule is O=C(O)CCC(C(=O)O)N1C(=O)/C(=C/c2cc(Br)ccc2O)SC1=S. The Morgan fingerprint density at radius 1 is 1.36 bits per heavy atom. The zero-order chi connectivity index (χ0) is 18.7. The summed E-state index contributed by atoms with van der Waals surface area (Å²) in [5.74, 6) is -3.17. The van der Waals surface area contributed by atoms with Crippen molar-refractivity contribution < 1.29 is 29.7 Å². The van der Waals surface area contributed by atoms with E-state index in [1.165, 1.54) is 12.1 Å². The molecular weight excluding hydrogens is 434 g/mol. The minimum atomic E-state index is -1.36. The first-order valence-electron chi connectivity index (χ1n) is 6.91. The van der Waals surface area contributed by atoms with Gasteiger partial charge in [0.05, 0.1) is 4.91 Å². The second-order valence-corrected chi connectivity index (χ2v) is 7.63. The van der Waals surface area contributed by atoms with E-state index in [-0.39, 0.29) is 21.4 Å². The summed E-state index contributed by atoms with van der Waals surface area (Å²) < 4.78 is 0.723. The van der Waals surface area contributed by atoms with Gasteiger partial charge in [-0.25, -0.2) is 4.79 Å². The van der Waals surface area contributed by atoms with Gasteiger partial charge in [0.25, 0.3) is 5.91 Å². The minimum absolute atomic E-state index is 0.0310. The van der Waals surface area contributed by atoms with Crippen molar-refractivity contribution in [2.45, 2.75) is 18.9 Å². The van der Waals surface area contributed by atoms with Crippen molar-refractivity contribution in [1.82, 2.24) is 4.90 Å². The summed E-state index contributed by atoms with van der Waals surface area (Å²) in [5.41, 5.74) is 0.368. The van der Waals surface area contributed by atoms with Crippen LogP contribution in [0, 0.1) is 0 Å². The average Bonchev–Trinajstić information content (AvgIpc) is 2.78. The number of nitrogens with zero attached hydrogens (tertiary/aromatic N) is 1. The number of halogens is 1. The highest BCUT2D eigenvalue weighted by Crippen LogP contribution is 2.36. The molecule has 1 amide bonds. The lowest BCUT2D eigenvalue weighted by Crippen LogP contribution is -2.44. The maximum atomic E-state index is 12.6. The van der Waals surface area contributed by atoms with E-state index in [9.17, 15) is 24.6 Å². The van der Waals surface area contributed by atoms with Crippen LogP contribution in [0.25, 0.3) is 6.08 Å². The van der Waals surface area contributed by atoms with Crippen molar-refractivity contribution >= 4 is 68.2 Å². The number of aliphatic carboxylic acids is 2. The van der Waals surface area contributed by atoms with Crippen LogP contribution in [0.1, 0.15) is 18.4 Å². The van der Waals surface area contributed by atoms with Gasteiger partial charge in [0.2, 0.25) is 0 Å². The molecule has 1 aliphatic rings. The molecule has 1 aliphatic heterocycles. The molecule has 1 saturated heterocycles. The number of carbonyl (C=O) groups excluding carboxylic acids is 1. The molecule has 0 bridgehead atoms. The van der Waals surface area contributed by atoms with E-state index < -0.39 is 30.3 Å². The van der Waals surface area contributed by atoms with Gasteiger partial charge in [0, 0.05) is 16.5 Å². The Hall–Kier alpha value is -1.91. The molecule has 0 saturated carbocycles. The first kappa shape index (κ1) is 19.4. The predicted octanol–water partition coefficient (Wildman–Crippen LogP) is 2.67. The average molecular weight is 446 g/mol. The number of hydrogen-bond acceptors (Lipinski definition) is 6. The van der Waals surface area contributed by atoms with E-state index in [0.717, 1.165) is 16.7 Å². The number of thiocarbonyl (C=S) groups is 1. The Morgan fingerprint density at radius 3 is 2.64 bits per heavy atom. The lowest BCUT2D eigenvalue weighted by molar-refractivity contribution is -0.146. The van der Waals surface area contributed by atoms with Gasteiger partial charge in [-0.15, -0.1) is 0 Å². The number of aromatic hydroxyl groups is 1. The molecule has 1 atom stereocenters. The van der Waals surface area contributed by atoms with Crippen molar-refractivity contribution in [1.29, 1.82) is 0 Å². The van der Waals surface area contributed by atoms with Crippen LogP contribution in [0.4, 0.5) is 0 Å². The third kappa shape index (κ3) is 4.59. The van der Waals surface area contributed by atoms with E-state index in [4.69, 9.17) is 17.3 Å². The number of amides is 1. The van der Waals surface area contributed by atoms with Crippen LogP contribution in [0.15, 0.2) is 27.6 Å². The zero-order valence-corrected chi connectivity index (χ0v) is 15.7. The molecule has 1 unspecified atom stereocenters. The van der Waals surface area contributed by atoms with E-state index in [0.29, 0.717) is 10.0 Å². The second kappa shape index (κ2) is 7.98. The molecule has 1 fully saturated rings. The van der Waals surface area contributed by atoms with E-state index >= 15 is 0 Å². The summed E-state index contributed by atoms with van der Waals surface area (Å²) in [6.45, 7) is 0. The molecule has 3 N–H and O–H groups in total. The maximum absolute atomic E-state index is 12.6. The number of carbonyl (C=O) groups is 3. The molecule has 132 valence electrons. The van der Waals surface area contributed by atoms with Crippen LogP contribution in [0.2, 0.25) is 0 Å². The fourth-order valence-corrected chi connectivity index (χ4v) is 3.88. The van der Waals surface area contributed by atoms with Crippen molar-refractivity contribution in [3.8, 4) is 5.75 Å². The highest BCUT2D eigenvalue weighted by atomic mass is 79.9. The molecule has 0 radical (unpaired) electrons. The summed E-state index contributed by atoms with van der Waals surface area (Å²) in [7, 11) is 0. The van der Waals surface area contributed by atoms with E-state index in [1.807, 2.05) is 0 Å². The molecule has 1 aromatic carbocycles. The number of phenols is 1.